The van der Waals surface area contributed by atoms with Gasteiger partial charge < -0.3 is 4.98 Å². The van der Waals surface area contributed by atoms with Gasteiger partial charge in [-0.25, -0.2) is 9.78 Å². The summed E-state index contributed by atoms with van der Waals surface area (Å²) in [6.07, 6.45) is 3.53. The first-order valence-corrected chi connectivity index (χ1v) is 5.29. The van der Waals surface area contributed by atoms with Gasteiger partial charge in [-0.15, -0.1) is 0 Å². The van der Waals surface area contributed by atoms with Gasteiger partial charge in [-0.1, -0.05) is 6.07 Å². The Bertz CT molecular complexity index is 604. The lowest BCUT2D eigenvalue weighted by molar-refractivity contribution is 0.556. The Labute approximate surface area is 92.4 Å². The van der Waals surface area contributed by atoms with Crippen molar-refractivity contribution in [1.82, 2.24) is 9.97 Å². The van der Waals surface area contributed by atoms with E-state index >= 15 is 0 Å². The van der Waals surface area contributed by atoms with Crippen molar-refractivity contribution >= 4 is 17.1 Å². The van der Waals surface area contributed by atoms with E-state index in [0.717, 1.165) is 35.3 Å². The highest BCUT2D eigenvalue weighted by Gasteiger charge is 2.44. The quantitative estimate of drug-likeness (QED) is 0.614. The summed E-state index contributed by atoms with van der Waals surface area (Å²) in [4.78, 5) is 21.8. The summed E-state index contributed by atoms with van der Waals surface area (Å²) in [5.74, 6) is 0.899. The molecule has 1 aliphatic carbocycles. The molecule has 1 aromatic carbocycles. The van der Waals surface area contributed by atoms with E-state index in [2.05, 4.69) is 15.0 Å². The molecule has 0 aliphatic heterocycles. The second-order valence-electron chi connectivity index (χ2n) is 4.29. The standard InChI is InChI=1S/C12H11N3O/c1-8-14-10-3-2-9(6-11(10)15-8)12(4-5-12)13-7-16/h2-3,6H,4-5H2,1H3,(H,14,15). The van der Waals surface area contributed by atoms with Crippen molar-refractivity contribution in [3.63, 3.8) is 0 Å². The Hall–Kier alpha value is -1.93. The number of aromatic nitrogens is 2. The number of nitrogens with zero attached hydrogens (tertiary/aromatic N) is 2. The smallest absolute Gasteiger partial charge is 0.235 e. The number of carbonyl (C=O) groups excluding carboxylic acids is 1. The van der Waals surface area contributed by atoms with E-state index in [0.29, 0.717) is 0 Å². The van der Waals surface area contributed by atoms with Crippen molar-refractivity contribution in [2.24, 2.45) is 4.99 Å². The molecule has 1 aromatic heterocycles. The van der Waals surface area contributed by atoms with Crippen molar-refractivity contribution in [1.29, 1.82) is 0 Å². The maximum Gasteiger partial charge on any atom is 0.235 e. The van der Waals surface area contributed by atoms with E-state index in [9.17, 15) is 4.79 Å². The average Bonchev–Trinajstić information content (AvgIpc) is 2.93. The molecule has 80 valence electrons. The van der Waals surface area contributed by atoms with Crippen LogP contribution < -0.4 is 0 Å². The van der Waals surface area contributed by atoms with Gasteiger partial charge >= 0.3 is 0 Å². The summed E-state index contributed by atoms with van der Waals surface area (Å²) >= 11 is 0. The van der Waals surface area contributed by atoms with Crippen LogP contribution in [0.3, 0.4) is 0 Å². The third kappa shape index (κ3) is 1.27. The molecule has 1 aliphatic rings. The van der Waals surface area contributed by atoms with Gasteiger partial charge in [-0.05, 0) is 37.5 Å². The summed E-state index contributed by atoms with van der Waals surface area (Å²) in [6, 6.07) is 5.99. The van der Waals surface area contributed by atoms with Gasteiger partial charge in [-0.3, -0.25) is 0 Å². The molecule has 1 heterocycles. The van der Waals surface area contributed by atoms with E-state index in [1.54, 1.807) is 6.08 Å². The number of nitrogens with one attached hydrogen (secondary N) is 1. The monoisotopic (exact) mass is 213 g/mol. The Kier molecular flexibility index (Phi) is 1.76. The topological polar surface area (TPSA) is 58.1 Å². The molecule has 0 bridgehead atoms. The lowest BCUT2D eigenvalue weighted by atomic mass is 10.1. The van der Waals surface area contributed by atoms with Crippen LogP contribution in [0.4, 0.5) is 0 Å². The second-order valence-corrected chi connectivity index (χ2v) is 4.29. The molecule has 4 heteroatoms. The molecule has 0 unspecified atom stereocenters. The Morgan fingerprint density at radius 3 is 3.00 bits per heavy atom. The molecule has 0 spiro atoms. The highest BCUT2D eigenvalue weighted by molar-refractivity contribution is 5.76. The van der Waals surface area contributed by atoms with E-state index < -0.39 is 0 Å². The van der Waals surface area contributed by atoms with E-state index in [-0.39, 0.29) is 5.54 Å². The first-order chi connectivity index (χ1) is 7.73. The van der Waals surface area contributed by atoms with E-state index in [1.165, 1.54) is 0 Å². The predicted octanol–water partition coefficient (Wildman–Crippen LogP) is 2.20. The first-order valence-electron chi connectivity index (χ1n) is 5.29. The van der Waals surface area contributed by atoms with E-state index in [1.807, 2.05) is 25.1 Å². The minimum Gasteiger partial charge on any atom is -0.342 e. The summed E-state index contributed by atoms with van der Waals surface area (Å²) in [5.41, 5.74) is 2.73. The number of aryl methyl sites for hydroxylation is 1. The molecular weight excluding hydrogens is 202 g/mol. The largest absolute Gasteiger partial charge is 0.342 e. The van der Waals surface area contributed by atoms with Gasteiger partial charge in [0.05, 0.1) is 16.6 Å². The van der Waals surface area contributed by atoms with Gasteiger partial charge in [0.2, 0.25) is 6.08 Å². The molecule has 16 heavy (non-hydrogen) atoms. The zero-order valence-electron chi connectivity index (χ0n) is 8.95. The molecule has 0 amide bonds. The minimum atomic E-state index is -0.297. The number of imidazole rings is 1. The molecule has 0 saturated heterocycles. The van der Waals surface area contributed by atoms with E-state index in [4.69, 9.17) is 0 Å². The Morgan fingerprint density at radius 1 is 1.50 bits per heavy atom. The van der Waals surface area contributed by atoms with Gasteiger partial charge in [0.25, 0.3) is 0 Å². The summed E-state index contributed by atoms with van der Waals surface area (Å²) < 4.78 is 0. The number of H-pyrrole nitrogens is 1. The molecule has 4 nitrogen and oxygen atoms in total. The molecule has 3 rings (SSSR count). The summed E-state index contributed by atoms with van der Waals surface area (Å²) in [6.45, 7) is 1.93. The fourth-order valence-electron chi connectivity index (χ4n) is 2.10. The van der Waals surface area contributed by atoms with Crippen molar-refractivity contribution < 1.29 is 4.79 Å². The van der Waals surface area contributed by atoms with Crippen molar-refractivity contribution in [3.8, 4) is 0 Å². The molecule has 1 fully saturated rings. The number of aliphatic imine (C=N–C) groups is 1. The predicted molar refractivity (Wildman–Crippen MR) is 59.9 cm³/mol. The number of aromatic amines is 1. The lowest BCUT2D eigenvalue weighted by Gasteiger charge is -2.07. The second kappa shape index (κ2) is 3.03. The molecule has 2 aromatic rings. The van der Waals surface area contributed by atoms with Gasteiger partial charge in [-0.2, -0.15) is 4.99 Å². The number of hydrogen-bond acceptors (Lipinski definition) is 3. The maximum atomic E-state index is 10.4. The van der Waals surface area contributed by atoms with Crippen LogP contribution in [-0.2, 0) is 10.3 Å². The van der Waals surface area contributed by atoms with Crippen LogP contribution in [0.1, 0.15) is 24.2 Å². The molecular formula is C12H11N3O. The number of hydrogen-bond donors (Lipinski definition) is 1. The molecule has 1 saturated carbocycles. The van der Waals surface area contributed by atoms with Crippen LogP contribution in [0, 0.1) is 6.92 Å². The third-order valence-corrected chi connectivity index (χ3v) is 3.12. The number of benzene rings is 1. The Morgan fingerprint density at radius 2 is 2.31 bits per heavy atom. The minimum absolute atomic E-state index is 0.297. The maximum absolute atomic E-state index is 10.4. The van der Waals surface area contributed by atoms with Crippen LogP contribution in [-0.4, -0.2) is 16.0 Å². The molecule has 1 N–H and O–H groups in total. The van der Waals surface area contributed by atoms with Crippen LogP contribution in [0.5, 0.6) is 0 Å². The fourth-order valence-corrected chi connectivity index (χ4v) is 2.10. The fraction of sp³-hybridized carbons (Fsp3) is 0.333. The van der Waals surface area contributed by atoms with Crippen molar-refractivity contribution in [2.75, 3.05) is 0 Å². The normalized spacial score (nSPS) is 17.1. The van der Waals surface area contributed by atoms with Gasteiger partial charge in [0.15, 0.2) is 0 Å². The highest BCUT2D eigenvalue weighted by atomic mass is 16.1. The number of fused-ring (bicyclic) bond motifs is 1. The van der Waals surface area contributed by atoms with Crippen LogP contribution in [0.15, 0.2) is 23.2 Å². The Balaban J connectivity index is 2.15. The zero-order valence-corrected chi connectivity index (χ0v) is 8.95. The highest BCUT2D eigenvalue weighted by Crippen LogP contribution is 2.49. The lowest BCUT2D eigenvalue weighted by Crippen LogP contribution is -2.01. The summed E-state index contributed by atoms with van der Waals surface area (Å²) in [5, 5.41) is 0. The molecule has 0 radical (unpaired) electrons. The number of isocyanates is 1. The first kappa shape index (κ1) is 9.31. The van der Waals surface area contributed by atoms with Gasteiger partial charge in [0, 0.05) is 0 Å². The van der Waals surface area contributed by atoms with Crippen LogP contribution in [0.25, 0.3) is 11.0 Å². The van der Waals surface area contributed by atoms with Crippen molar-refractivity contribution in [2.45, 2.75) is 25.3 Å². The van der Waals surface area contributed by atoms with Crippen LogP contribution >= 0.6 is 0 Å². The SMILES string of the molecule is Cc1nc2ccc(C3(N=C=O)CC3)cc2[nH]1. The zero-order chi connectivity index (χ0) is 11.2. The molecule has 0 atom stereocenters. The summed E-state index contributed by atoms with van der Waals surface area (Å²) in [7, 11) is 0. The van der Waals surface area contributed by atoms with Crippen LogP contribution in [0.2, 0.25) is 0 Å². The van der Waals surface area contributed by atoms with Crippen molar-refractivity contribution in [3.05, 3.63) is 29.6 Å². The number of rotatable bonds is 2. The third-order valence-electron chi connectivity index (χ3n) is 3.12. The van der Waals surface area contributed by atoms with Gasteiger partial charge in [0.1, 0.15) is 5.82 Å². The average molecular weight is 213 g/mol.